The van der Waals surface area contributed by atoms with E-state index in [1.165, 1.54) is 11.1 Å². The summed E-state index contributed by atoms with van der Waals surface area (Å²) in [7, 11) is 0. The fourth-order valence-electron chi connectivity index (χ4n) is 3.08. The first-order chi connectivity index (χ1) is 10.7. The van der Waals surface area contributed by atoms with Gasteiger partial charge in [-0.25, -0.2) is 4.98 Å². The van der Waals surface area contributed by atoms with Crippen LogP contribution in [0.4, 0.5) is 0 Å². The molecule has 2 heterocycles. The van der Waals surface area contributed by atoms with Crippen LogP contribution in [0.1, 0.15) is 53.1 Å². The molecule has 1 atom stereocenters. The van der Waals surface area contributed by atoms with E-state index in [-0.39, 0.29) is 5.91 Å². The van der Waals surface area contributed by atoms with Gasteiger partial charge in [0, 0.05) is 31.6 Å². The predicted molar refractivity (Wildman–Crippen MR) is 87.1 cm³/mol. The van der Waals surface area contributed by atoms with Gasteiger partial charge in [-0.3, -0.25) is 4.79 Å². The van der Waals surface area contributed by atoms with Crippen molar-refractivity contribution in [1.29, 1.82) is 0 Å². The molecule has 22 heavy (non-hydrogen) atoms. The number of nitrogens with one attached hydrogen (secondary N) is 1. The van der Waals surface area contributed by atoms with Gasteiger partial charge >= 0.3 is 0 Å². The Morgan fingerprint density at radius 1 is 1.45 bits per heavy atom. The van der Waals surface area contributed by atoms with Gasteiger partial charge in [-0.2, -0.15) is 0 Å². The molecule has 1 aliphatic rings. The van der Waals surface area contributed by atoms with E-state index >= 15 is 0 Å². The molecule has 116 valence electrons. The molecule has 1 aromatic carbocycles. The number of fused-ring (bicyclic) bond motifs is 1. The fraction of sp³-hybridized carbons (Fsp3) is 0.444. The first kappa shape index (κ1) is 14.8. The van der Waals surface area contributed by atoms with Crippen LogP contribution in [0, 0.1) is 6.92 Å². The quantitative estimate of drug-likeness (QED) is 0.943. The number of benzene rings is 1. The largest absolute Gasteiger partial charge is 0.351 e. The monoisotopic (exact) mass is 297 g/mol. The molecule has 0 saturated carbocycles. The van der Waals surface area contributed by atoms with E-state index in [1.807, 2.05) is 13.1 Å². The molecule has 0 fully saturated rings. The molecule has 0 saturated heterocycles. The van der Waals surface area contributed by atoms with Crippen molar-refractivity contribution in [3.63, 3.8) is 0 Å². The van der Waals surface area contributed by atoms with Gasteiger partial charge in [-0.05, 0) is 25.3 Å². The van der Waals surface area contributed by atoms with E-state index in [1.54, 1.807) is 0 Å². The van der Waals surface area contributed by atoms with Crippen LogP contribution in [-0.4, -0.2) is 22.0 Å². The summed E-state index contributed by atoms with van der Waals surface area (Å²) in [5.74, 6) is 1.48. The lowest BCUT2D eigenvalue weighted by molar-refractivity contribution is 0.0949. The van der Waals surface area contributed by atoms with E-state index in [9.17, 15) is 4.79 Å². The molecule has 4 heteroatoms. The van der Waals surface area contributed by atoms with E-state index in [0.29, 0.717) is 18.2 Å². The maximum absolute atomic E-state index is 12.0. The van der Waals surface area contributed by atoms with Crippen molar-refractivity contribution in [2.45, 2.75) is 45.6 Å². The Morgan fingerprint density at radius 2 is 2.32 bits per heavy atom. The van der Waals surface area contributed by atoms with Crippen LogP contribution in [0.5, 0.6) is 0 Å². The summed E-state index contributed by atoms with van der Waals surface area (Å²) in [6.45, 7) is 5.79. The van der Waals surface area contributed by atoms with E-state index in [2.05, 4.69) is 46.1 Å². The highest BCUT2D eigenvalue weighted by Gasteiger charge is 2.23. The summed E-state index contributed by atoms with van der Waals surface area (Å²) >= 11 is 0. The first-order valence-corrected chi connectivity index (χ1v) is 8.08. The Morgan fingerprint density at radius 3 is 3.09 bits per heavy atom. The maximum atomic E-state index is 12.0. The number of nitrogens with zero attached hydrogens (tertiary/aromatic N) is 2. The lowest BCUT2D eigenvalue weighted by atomic mass is 9.91. The zero-order valence-electron chi connectivity index (χ0n) is 13.3. The zero-order chi connectivity index (χ0) is 15.5. The third kappa shape index (κ3) is 3.06. The van der Waals surface area contributed by atoms with Crippen LogP contribution in [0.3, 0.4) is 0 Å². The smallest absolute Gasteiger partial charge is 0.271 e. The van der Waals surface area contributed by atoms with Gasteiger partial charge in [0.25, 0.3) is 5.91 Å². The molecule has 0 aliphatic carbocycles. The van der Waals surface area contributed by atoms with Gasteiger partial charge in [-0.1, -0.05) is 36.8 Å². The molecule has 1 unspecified atom stereocenters. The Kier molecular flexibility index (Phi) is 4.27. The molecule has 3 rings (SSSR count). The number of hydrogen-bond acceptors (Lipinski definition) is 2. The highest BCUT2D eigenvalue weighted by molar-refractivity contribution is 5.92. The Labute approximate surface area is 131 Å². The summed E-state index contributed by atoms with van der Waals surface area (Å²) in [5.41, 5.74) is 3.23. The second-order valence-electron chi connectivity index (χ2n) is 6.10. The van der Waals surface area contributed by atoms with Crippen LogP contribution in [-0.2, 0) is 13.0 Å². The van der Waals surface area contributed by atoms with Crippen molar-refractivity contribution in [3.8, 4) is 0 Å². The summed E-state index contributed by atoms with van der Waals surface area (Å²) in [5, 5.41) is 2.89. The summed E-state index contributed by atoms with van der Waals surface area (Å²) in [6, 6.07) is 8.72. The topological polar surface area (TPSA) is 46.9 Å². The van der Waals surface area contributed by atoms with Gasteiger partial charge < -0.3 is 9.88 Å². The molecule has 2 aromatic rings. The van der Waals surface area contributed by atoms with Gasteiger partial charge in [0.2, 0.25) is 0 Å². The van der Waals surface area contributed by atoms with Crippen LogP contribution >= 0.6 is 0 Å². The lowest BCUT2D eigenvalue weighted by Gasteiger charge is -2.24. The minimum absolute atomic E-state index is 0.0594. The standard InChI is InChI=1S/C18H23N3O/c1-3-9-19-18(22)16-12-21-11-15(7-8-17(21)20-16)14-6-4-5-13(2)10-14/h4-6,10,12,15H,3,7-9,11H2,1-2H3,(H,19,22). The number of amides is 1. The van der Waals surface area contributed by atoms with Crippen molar-refractivity contribution in [2.75, 3.05) is 6.54 Å². The summed E-state index contributed by atoms with van der Waals surface area (Å²) < 4.78 is 2.15. The number of carbonyl (C=O) groups is 1. The number of aromatic nitrogens is 2. The number of rotatable bonds is 4. The van der Waals surface area contributed by atoms with Crippen molar-refractivity contribution in [2.24, 2.45) is 0 Å². The van der Waals surface area contributed by atoms with Crippen LogP contribution in [0.25, 0.3) is 0 Å². The molecular formula is C18H23N3O. The van der Waals surface area contributed by atoms with Crippen molar-refractivity contribution < 1.29 is 4.79 Å². The number of hydrogen-bond donors (Lipinski definition) is 1. The van der Waals surface area contributed by atoms with Gasteiger partial charge in [0.15, 0.2) is 0 Å². The molecule has 0 bridgehead atoms. The summed E-state index contributed by atoms with van der Waals surface area (Å²) in [6.07, 6.45) is 4.87. The van der Waals surface area contributed by atoms with Crippen LogP contribution in [0.15, 0.2) is 30.5 Å². The van der Waals surface area contributed by atoms with Gasteiger partial charge in [-0.15, -0.1) is 0 Å². The molecule has 1 aromatic heterocycles. The average Bonchev–Trinajstić information content (AvgIpc) is 2.95. The molecule has 0 spiro atoms. The Bertz CT molecular complexity index is 675. The van der Waals surface area contributed by atoms with Crippen molar-refractivity contribution in [3.05, 3.63) is 53.1 Å². The fourth-order valence-corrected chi connectivity index (χ4v) is 3.08. The van der Waals surface area contributed by atoms with Gasteiger partial charge in [0.05, 0.1) is 0 Å². The summed E-state index contributed by atoms with van der Waals surface area (Å²) in [4.78, 5) is 16.5. The van der Waals surface area contributed by atoms with Crippen LogP contribution < -0.4 is 5.32 Å². The minimum Gasteiger partial charge on any atom is -0.351 e. The predicted octanol–water partition coefficient (Wildman–Crippen LogP) is 3.06. The maximum Gasteiger partial charge on any atom is 0.271 e. The van der Waals surface area contributed by atoms with Crippen molar-refractivity contribution >= 4 is 5.91 Å². The molecule has 1 amide bonds. The molecule has 1 N–H and O–H groups in total. The molecule has 1 aliphatic heterocycles. The number of aryl methyl sites for hydroxylation is 2. The number of imidazole rings is 1. The van der Waals surface area contributed by atoms with E-state index < -0.39 is 0 Å². The normalized spacial score (nSPS) is 17.1. The number of carbonyl (C=O) groups excluding carboxylic acids is 1. The molecule has 0 radical (unpaired) electrons. The highest BCUT2D eigenvalue weighted by Crippen LogP contribution is 2.29. The zero-order valence-corrected chi connectivity index (χ0v) is 13.3. The molecule has 4 nitrogen and oxygen atoms in total. The second-order valence-corrected chi connectivity index (χ2v) is 6.10. The SMILES string of the molecule is CCCNC(=O)c1cn2c(n1)CCC(c1cccc(C)c1)C2. The Balaban J connectivity index is 1.76. The highest BCUT2D eigenvalue weighted by atomic mass is 16.1. The van der Waals surface area contributed by atoms with E-state index in [0.717, 1.165) is 31.6 Å². The average molecular weight is 297 g/mol. The first-order valence-electron chi connectivity index (χ1n) is 8.08. The van der Waals surface area contributed by atoms with Crippen molar-refractivity contribution in [1.82, 2.24) is 14.9 Å². The third-order valence-corrected chi connectivity index (χ3v) is 4.27. The van der Waals surface area contributed by atoms with E-state index in [4.69, 9.17) is 0 Å². The minimum atomic E-state index is -0.0594. The Hall–Kier alpha value is -2.10. The second kappa shape index (κ2) is 6.34. The van der Waals surface area contributed by atoms with Gasteiger partial charge in [0.1, 0.15) is 11.5 Å². The third-order valence-electron chi connectivity index (χ3n) is 4.27. The molecular weight excluding hydrogens is 274 g/mol. The lowest BCUT2D eigenvalue weighted by Crippen LogP contribution is -2.24. The van der Waals surface area contributed by atoms with Crippen LogP contribution in [0.2, 0.25) is 0 Å².